The third kappa shape index (κ3) is 4.59. The smallest absolute Gasteiger partial charge is 0.407 e. The molecule has 8 nitrogen and oxygen atoms in total. The van der Waals surface area contributed by atoms with Crippen LogP contribution in [0.3, 0.4) is 0 Å². The molecular formula is C19H22N2O6. The number of nitrogens with zero attached hydrogens (tertiary/aromatic N) is 2. The summed E-state index contributed by atoms with van der Waals surface area (Å²) in [7, 11) is 3.24. The molecule has 0 atom stereocenters. The van der Waals surface area contributed by atoms with Gasteiger partial charge in [-0.15, -0.1) is 0 Å². The highest BCUT2D eigenvalue weighted by Gasteiger charge is 2.32. The molecule has 1 aliphatic heterocycles. The molecule has 0 saturated carbocycles. The summed E-state index contributed by atoms with van der Waals surface area (Å²) in [6.07, 6.45) is 0.601. The van der Waals surface area contributed by atoms with E-state index in [1.165, 1.54) is 4.90 Å². The fourth-order valence-corrected chi connectivity index (χ4v) is 2.69. The Bertz CT molecular complexity index is 774. The van der Waals surface area contributed by atoms with Gasteiger partial charge in [-0.05, 0) is 24.3 Å². The summed E-state index contributed by atoms with van der Waals surface area (Å²) < 4.78 is 21.8. The number of benzene rings is 1. The first-order valence-electron chi connectivity index (χ1n) is 8.51. The first-order valence-corrected chi connectivity index (χ1v) is 8.51. The van der Waals surface area contributed by atoms with Crippen molar-refractivity contribution in [2.24, 2.45) is 0 Å². The molecular weight excluding hydrogens is 352 g/mol. The lowest BCUT2D eigenvalue weighted by Gasteiger charge is -2.36. The third-order valence-corrected chi connectivity index (χ3v) is 4.18. The number of methoxy groups -OCH3 is 2. The van der Waals surface area contributed by atoms with Gasteiger partial charge >= 0.3 is 6.09 Å². The van der Waals surface area contributed by atoms with Crippen molar-refractivity contribution in [3.05, 3.63) is 36.5 Å². The van der Waals surface area contributed by atoms with E-state index in [1.54, 1.807) is 26.5 Å². The van der Waals surface area contributed by atoms with Crippen molar-refractivity contribution >= 4 is 6.09 Å². The normalized spacial score (nSPS) is 13.8. The first-order chi connectivity index (χ1) is 13.1. The molecule has 0 unspecified atom stereocenters. The van der Waals surface area contributed by atoms with Crippen LogP contribution in [0.5, 0.6) is 17.4 Å². The number of ether oxygens (including phenoxy) is 4. The van der Waals surface area contributed by atoms with Gasteiger partial charge in [0.1, 0.15) is 24.2 Å². The van der Waals surface area contributed by atoms with Crippen LogP contribution in [0, 0.1) is 0 Å². The highest BCUT2D eigenvalue weighted by atomic mass is 16.5. The predicted octanol–water partition coefficient (Wildman–Crippen LogP) is 2.52. The average molecular weight is 374 g/mol. The van der Waals surface area contributed by atoms with Gasteiger partial charge in [0, 0.05) is 30.5 Å². The number of pyridine rings is 1. The highest BCUT2D eigenvalue weighted by Crippen LogP contribution is 2.33. The number of aromatic nitrogens is 1. The molecule has 1 N–H and O–H groups in total. The topological polar surface area (TPSA) is 90.4 Å². The van der Waals surface area contributed by atoms with E-state index in [-0.39, 0.29) is 6.10 Å². The van der Waals surface area contributed by atoms with Crippen molar-refractivity contribution in [1.82, 2.24) is 9.88 Å². The Kier molecular flexibility index (Phi) is 5.97. The summed E-state index contributed by atoms with van der Waals surface area (Å²) in [6.45, 7) is 1.68. The quantitative estimate of drug-likeness (QED) is 0.710. The Morgan fingerprint density at radius 1 is 1.22 bits per heavy atom. The lowest BCUT2D eigenvalue weighted by Crippen LogP contribution is -2.55. The van der Waals surface area contributed by atoms with Crippen LogP contribution in [-0.2, 0) is 4.74 Å². The number of likely N-dealkylation sites (tertiary alicyclic amines) is 1. The van der Waals surface area contributed by atoms with Gasteiger partial charge in [-0.3, -0.25) is 0 Å². The van der Waals surface area contributed by atoms with Gasteiger partial charge in [-0.2, -0.15) is 0 Å². The SMILES string of the molecule is COCCOc1ccc(OC)c(-c2ccc(OC3CN(C(=O)O)C3)nc2)c1. The van der Waals surface area contributed by atoms with Gasteiger partial charge in [0.2, 0.25) is 5.88 Å². The van der Waals surface area contributed by atoms with Gasteiger partial charge in [0.15, 0.2) is 0 Å². The molecule has 1 aliphatic rings. The van der Waals surface area contributed by atoms with Gasteiger partial charge in [0.05, 0.1) is 26.8 Å². The summed E-state index contributed by atoms with van der Waals surface area (Å²) in [4.78, 5) is 16.4. The summed E-state index contributed by atoms with van der Waals surface area (Å²) in [5.41, 5.74) is 1.71. The Morgan fingerprint density at radius 2 is 2.04 bits per heavy atom. The molecule has 0 radical (unpaired) electrons. The summed E-state index contributed by atoms with van der Waals surface area (Å²) in [6, 6.07) is 9.22. The minimum absolute atomic E-state index is 0.161. The molecule has 1 saturated heterocycles. The average Bonchev–Trinajstić information content (AvgIpc) is 2.64. The number of rotatable bonds is 8. The maximum absolute atomic E-state index is 10.8. The van der Waals surface area contributed by atoms with E-state index < -0.39 is 6.09 Å². The second kappa shape index (κ2) is 8.59. The van der Waals surface area contributed by atoms with Crippen molar-refractivity contribution in [1.29, 1.82) is 0 Å². The standard InChI is InChI=1S/C19H22N2O6/c1-24-7-8-26-14-4-5-17(25-2)16(9-14)13-3-6-18(20-10-13)27-15-11-21(12-15)19(22)23/h3-6,9-10,15H,7-8,11-12H2,1-2H3,(H,22,23). The van der Waals surface area contributed by atoms with E-state index in [0.29, 0.717) is 43.7 Å². The van der Waals surface area contributed by atoms with Crippen molar-refractivity contribution in [3.8, 4) is 28.5 Å². The van der Waals surface area contributed by atoms with Crippen molar-refractivity contribution in [2.75, 3.05) is 40.5 Å². The predicted molar refractivity (Wildman–Crippen MR) is 97.6 cm³/mol. The number of amides is 1. The Balaban J connectivity index is 1.68. The minimum atomic E-state index is -0.933. The zero-order valence-electron chi connectivity index (χ0n) is 15.3. The molecule has 144 valence electrons. The lowest BCUT2D eigenvalue weighted by atomic mass is 10.1. The van der Waals surface area contributed by atoms with Crippen LogP contribution in [-0.4, -0.2) is 67.7 Å². The molecule has 2 aromatic rings. The number of hydrogen-bond acceptors (Lipinski definition) is 6. The molecule has 1 fully saturated rings. The Morgan fingerprint density at radius 3 is 2.67 bits per heavy atom. The second-order valence-electron chi connectivity index (χ2n) is 6.02. The summed E-state index contributed by atoms with van der Waals surface area (Å²) in [5.74, 6) is 1.88. The number of carbonyl (C=O) groups is 1. The molecule has 0 bridgehead atoms. The van der Waals surface area contributed by atoms with E-state index in [9.17, 15) is 4.79 Å². The van der Waals surface area contributed by atoms with E-state index in [2.05, 4.69) is 4.98 Å². The molecule has 1 amide bonds. The third-order valence-electron chi connectivity index (χ3n) is 4.18. The Hall–Kier alpha value is -3.00. The van der Waals surface area contributed by atoms with Gasteiger partial charge < -0.3 is 29.0 Å². The zero-order valence-corrected chi connectivity index (χ0v) is 15.3. The van der Waals surface area contributed by atoms with Gasteiger partial charge in [-0.25, -0.2) is 9.78 Å². The van der Waals surface area contributed by atoms with Crippen LogP contribution >= 0.6 is 0 Å². The van der Waals surface area contributed by atoms with E-state index in [1.807, 2.05) is 24.3 Å². The molecule has 0 aliphatic carbocycles. The molecule has 1 aromatic heterocycles. The molecule has 2 heterocycles. The van der Waals surface area contributed by atoms with Gasteiger partial charge in [-0.1, -0.05) is 0 Å². The van der Waals surface area contributed by atoms with Crippen molar-refractivity contribution in [3.63, 3.8) is 0 Å². The minimum Gasteiger partial charge on any atom is -0.496 e. The largest absolute Gasteiger partial charge is 0.496 e. The van der Waals surface area contributed by atoms with E-state index in [4.69, 9.17) is 24.1 Å². The molecule has 1 aromatic carbocycles. The Labute approximate surface area is 157 Å². The lowest BCUT2D eigenvalue weighted by molar-refractivity contribution is 0.0228. The molecule has 8 heteroatoms. The van der Waals surface area contributed by atoms with Gasteiger partial charge in [0.25, 0.3) is 0 Å². The van der Waals surface area contributed by atoms with Crippen LogP contribution in [0.2, 0.25) is 0 Å². The van der Waals surface area contributed by atoms with Crippen LogP contribution in [0.25, 0.3) is 11.1 Å². The van der Waals surface area contributed by atoms with Crippen molar-refractivity contribution in [2.45, 2.75) is 6.10 Å². The molecule has 27 heavy (non-hydrogen) atoms. The molecule has 3 rings (SSSR count). The van der Waals surface area contributed by atoms with Crippen LogP contribution < -0.4 is 14.2 Å². The molecule has 0 spiro atoms. The fraction of sp³-hybridized carbons (Fsp3) is 0.368. The van der Waals surface area contributed by atoms with Crippen LogP contribution in [0.4, 0.5) is 4.79 Å². The number of hydrogen-bond donors (Lipinski definition) is 1. The first kappa shape index (κ1) is 18.8. The second-order valence-corrected chi connectivity index (χ2v) is 6.02. The summed E-state index contributed by atoms with van der Waals surface area (Å²) in [5, 5.41) is 8.85. The van der Waals surface area contributed by atoms with Crippen molar-refractivity contribution < 1.29 is 28.8 Å². The maximum atomic E-state index is 10.8. The zero-order chi connectivity index (χ0) is 19.2. The van der Waals surface area contributed by atoms with Crippen LogP contribution in [0.15, 0.2) is 36.5 Å². The fourth-order valence-electron chi connectivity index (χ4n) is 2.69. The van der Waals surface area contributed by atoms with Crippen LogP contribution in [0.1, 0.15) is 0 Å². The number of carboxylic acid groups (broad SMARTS) is 1. The highest BCUT2D eigenvalue weighted by molar-refractivity contribution is 5.71. The van der Waals surface area contributed by atoms with E-state index >= 15 is 0 Å². The summed E-state index contributed by atoms with van der Waals surface area (Å²) >= 11 is 0. The van der Waals surface area contributed by atoms with E-state index in [0.717, 1.165) is 11.1 Å². The maximum Gasteiger partial charge on any atom is 0.407 e. The monoisotopic (exact) mass is 374 g/mol.